The molecule has 1 unspecified atom stereocenters. The fourth-order valence-electron chi connectivity index (χ4n) is 3.18. The molecule has 2 rings (SSSR count). The Labute approximate surface area is 133 Å². The van der Waals surface area contributed by atoms with Crippen molar-refractivity contribution < 1.29 is 4.74 Å². The average Bonchev–Trinajstić information content (AvgIpc) is 2.71. The highest BCUT2D eigenvalue weighted by atomic mass is 79.9. The molecule has 1 atom stereocenters. The molecule has 0 bridgehead atoms. The van der Waals surface area contributed by atoms with E-state index in [0.29, 0.717) is 28.2 Å². The average molecular weight is 390 g/mol. The van der Waals surface area contributed by atoms with Gasteiger partial charge in [-0.25, -0.2) is 0 Å². The second kappa shape index (κ2) is 5.07. The first-order chi connectivity index (χ1) is 8.73. The van der Waals surface area contributed by atoms with Crippen LogP contribution in [0.2, 0.25) is 0 Å². The fourth-order valence-corrected chi connectivity index (χ4v) is 5.24. The standard InChI is InChI=1S/C16H22Br2O/c1-6-19-12-8-7-10(17)9-11(12)13(18)14-15(2,3)16(14,4)5/h7-9,13-14H,6H2,1-5H3. The highest BCUT2D eigenvalue weighted by Crippen LogP contribution is 2.74. The summed E-state index contributed by atoms with van der Waals surface area (Å²) < 4.78 is 6.88. The van der Waals surface area contributed by atoms with E-state index in [1.807, 2.05) is 13.0 Å². The summed E-state index contributed by atoms with van der Waals surface area (Å²) in [5.41, 5.74) is 1.96. The Morgan fingerprint density at radius 2 is 1.79 bits per heavy atom. The van der Waals surface area contributed by atoms with Crippen molar-refractivity contribution in [2.45, 2.75) is 39.4 Å². The molecule has 0 heterocycles. The quantitative estimate of drug-likeness (QED) is 0.576. The monoisotopic (exact) mass is 388 g/mol. The maximum absolute atomic E-state index is 5.78. The van der Waals surface area contributed by atoms with E-state index in [-0.39, 0.29) is 0 Å². The molecular formula is C16H22Br2O. The van der Waals surface area contributed by atoms with Crippen LogP contribution in [0.25, 0.3) is 0 Å². The van der Waals surface area contributed by atoms with E-state index in [1.165, 1.54) is 5.56 Å². The molecule has 1 aromatic carbocycles. The number of halogens is 2. The van der Waals surface area contributed by atoms with Gasteiger partial charge in [-0.15, -0.1) is 0 Å². The first kappa shape index (κ1) is 15.4. The van der Waals surface area contributed by atoms with E-state index < -0.39 is 0 Å². The Morgan fingerprint density at radius 1 is 1.21 bits per heavy atom. The summed E-state index contributed by atoms with van der Waals surface area (Å²) in [6, 6.07) is 6.27. The molecule has 1 aromatic rings. The Balaban J connectivity index is 2.34. The molecule has 0 spiro atoms. The minimum atomic E-state index is 0.330. The molecule has 1 saturated carbocycles. The molecular weight excluding hydrogens is 368 g/mol. The molecule has 19 heavy (non-hydrogen) atoms. The van der Waals surface area contributed by atoms with Crippen molar-refractivity contribution in [3.8, 4) is 5.75 Å². The molecule has 1 aliphatic carbocycles. The molecule has 1 fully saturated rings. The molecule has 0 aliphatic heterocycles. The van der Waals surface area contributed by atoms with Crippen LogP contribution in [0.4, 0.5) is 0 Å². The molecule has 0 amide bonds. The lowest BCUT2D eigenvalue weighted by molar-refractivity contribution is 0.335. The largest absolute Gasteiger partial charge is 0.494 e. The molecule has 1 aliphatic rings. The normalized spacial score (nSPS) is 22.1. The van der Waals surface area contributed by atoms with Crippen LogP contribution in [-0.2, 0) is 0 Å². The van der Waals surface area contributed by atoms with Crippen LogP contribution < -0.4 is 4.74 Å². The summed E-state index contributed by atoms with van der Waals surface area (Å²) in [6.45, 7) is 12.1. The number of ether oxygens (including phenoxy) is 1. The van der Waals surface area contributed by atoms with Crippen LogP contribution in [0.15, 0.2) is 22.7 Å². The van der Waals surface area contributed by atoms with Gasteiger partial charge in [0.25, 0.3) is 0 Å². The van der Waals surface area contributed by atoms with Gasteiger partial charge in [0.15, 0.2) is 0 Å². The Morgan fingerprint density at radius 3 is 2.26 bits per heavy atom. The number of hydrogen-bond acceptors (Lipinski definition) is 1. The molecule has 0 aromatic heterocycles. The van der Waals surface area contributed by atoms with Crippen molar-refractivity contribution in [1.82, 2.24) is 0 Å². The lowest BCUT2D eigenvalue weighted by Gasteiger charge is -2.17. The summed E-state index contributed by atoms with van der Waals surface area (Å²) in [5.74, 6) is 1.61. The number of alkyl halides is 1. The molecule has 1 nitrogen and oxygen atoms in total. The number of rotatable bonds is 4. The Hall–Kier alpha value is -0.0200. The number of benzene rings is 1. The second-order valence-corrected chi connectivity index (χ2v) is 8.34. The van der Waals surface area contributed by atoms with Crippen molar-refractivity contribution in [1.29, 1.82) is 0 Å². The third-order valence-corrected chi connectivity index (χ3v) is 6.51. The maximum Gasteiger partial charge on any atom is 0.123 e. The third-order valence-electron chi connectivity index (χ3n) is 4.99. The maximum atomic E-state index is 5.78. The van der Waals surface area contributed by atoms with Gasteiger partial charge in [0.05, 0.1) is 6.61 Å². The van der Waals surface area contributed by atoms with E-state index in [2.05, 4.69) is 71.7 Å². The minimum absolute atomic E-state index is 0.330. The van der Waals surface area contributed by atoms with Crippen molar-refractivity contribution in [2.24, 2.45) is 16.7 Å². The van der Waals surface area contributed by atoms with Crippen molar-refractivity contribution in [3.63, 3.8) is 0 Å². The third kappa shape index (κ3) is 2.49. The first-order valence-corrected chi connectivity index (χ1v) is 8.50. The highest BCUT2D eigenvalue weighted by molar-refractivity contribution is 9.10. The minimum Gasteiger partial charge on any atom is -0.494 e. The van der Waals surface area contributed by atoms with E-state index in [0.717, 1.165) is 10.2 Å². The molecule has 0 N–H and O–H groups in total. The first-order valence-electron chi connectivity index (χ1n) is 6.79. The fraction of sp³-hybridized carbons (Fsp3) is 0.625. The topological polar surface area (TPSA) is 9.23 Å². The van der Waals surface area contributed by atoms with Crippen LogP contribution in [0.1, 0.15) is 45.0 Å². The van der Waals surface area contributed by atoms with Gasteiger partial charge in [0.1, 0.15) is 5.75 Å². The molecule has 106 valence electrons. The Bertz CT molecular complexity index is 466. The van der Waals surface area contributed by atoms with Gasteiger partial charge in [0.2, 0.25) is 0 Å². The van der Waals surface area contributed by atoms with Crippen LogP contribution in [0.3, 0.4) is 0 Å². The number of hydrogen-bond donors (Lipinski definition) is 0. The lowest BCUT2D eigenvalue weighted by Crippen LogP contribution is -2.03. The van der Waals surface area contributed by atoms with E-state index >= 15 is 0 Å². The van der Waals surface area contributed by atoms with E-state index in [1.54, 1.807) is 0 Å². The van der Waals surface area contributed by atoms with Gasteiger partial charge < -0.3 is 4.74 Å². The Kier molecular flexibility index (Phi) is 4.10. The van der Waals surface area contributed by atoms with Crippen LogP contribution >= 0.6 is 31.9 Å². The summed E-state index contributed by atoms with van der Waals surface area (Å²) in [7, 11) is 0. The summed E-state index contributed by atoms with van der Waals surface area (Å²) in [5, 5.41) is 0. The highest BCUT2D eigenvalue weighted by Gasteiger charge is 2.67. The van der Waals surface area contributed by atoms with E-state index in [4.69, 9.17) is 4.74 Å². The summed E-state index contributed by atoms with van der Waals surface area (Å²) >= 11 is 7.48. The molecule has 0 radical (unpaired) electrons. The summed E-state index contributed by atoms with van der Waals surface area (Å²) in [4.78, 5) is 0.330. The van der Waals surface area contributed by atoms with Gasteiger partial charge in [-0.3, -0.25) is 0 Å². The SMILES string of the molecule is CCOc1ccc(Br)cc1C(Br)C1C(C)(C)C1(C)C. The molecule has 0 saturated heterocycles. The summed E-state index contributed by atoms with van der Waals surface area (Å²) in [6.07, 6.45) is 0. The van der Waals surface area contributed by atoms with Crippen molar-refractivity contribution in [3.05, 3.63) is 28.2 Å². The van der Waals surface area contributed by atoms with Gasteiger partial charge in [-0.1, -0.05) is 59.6 Å². The predicted molar refractivity (Wildman–Crippen MR) is 88.0 cm³/mol. The van der Waals surface area contributed by atoms with Gasteiger partial charge in [-0.2, -0.15) is 0 Å². The predicted octanol–water partition coefficient (Wildman–Crippen LogP) is 5.97. The van der Waals surface area contributed by atoms with Crippen LogP contribution in [0, 0.1) is 16.7 Å². The van der Waals surface area contributed by atoms with Gasteiger partial charge >= 0.3 is 0 Å². The second-order valence-electron chi connectivity index (χ2n) is 6.44. The zero-order chi connectivity index (χ0) is 14.4. The molecule has 3 heteroatoms. The van der Waals surface area contributed by atoms with Crippen LogP contribution in [0.5, 0.6) is 5.75 Å². The van der Waals surface area contributed by atoms with Crippen molar-refractivity contribution in [2.75, 3.05) is 6.61 Å². The van der Waals surface area contributed by atoms with Gasteiger partial charge in [-0.05, 0) is 41.9 Å². The smallest absolute Gasteiger partial charge is 0.123 e. The lowest BCUT2D eigenvalue weighted by atomic mass is 10.0. The zero-order valence-electron chi connectivity index (χ0n) is 12.3. The van der Waals surface area contributed by atoms with E-state index in [9.17, 15) is 0 Å². The zero-order valence-corrected chi connectivity index (χ0v) is 15.4. The van der Waals surface area contributed by atoms with Gasteiger partial charge in [0, 0.05) is 14.9 Å². The van der Waals surface area contributed by atoms with Crippen molar-refractivity contribution >= 4 is 31.9 Å². The van der Waals surface area contributed by atoms with Crippen LogP contribution in [-0.4, -0.2) is 6.61 Å².